The highest BCUT2D eigenvalue weighted by atomic mass is 16.2. The lowest BCUT2D eigenvalue weighted by molar-refractivity contribution is 0.252. The Balaban J connectivity index is 1.65. The van der Waals surface area contributed by atoms with Crippen LogP contribution in [0.4, 0.5) is 16.2 Å². The molecule has 144 valence electrons. The van der Waals surface area contributed by atoms with Gasteiger partial charge in [-0.2, -0.15) is 5.10 Å². The van der Waals surface area contributed by atoms with Gasteiger partial charge in [0.25, 0.3) is 0 Å². The highest BCUT2D eigenvalue weighted by Crippen LogP contribution is 2.17. The molecule has 2 aromatic carbocycles. The minimum atomic E-state index is -0.378. The molecule has 1 heterocycles. The maximum absolute atomic E-state index is 12.1. The van der Waals surface area contributed by atoms with Crippen molar-refractivity contribution in [2.24, 2.45) is 5.10 Å². The van der Waals surface area contributed by atoms with Gasteiger partial charge in [-0.05, 0) is 61.9 Å². The van der Waals surface area contributed by atoms with Crippen molar-refractivity contribution in [1.82, 2.24) is 9.99 Å². The number of aromatic nitrogens is 1. The van der Waals surface area contributed by atoms with Crippen LogP contribution >= 0.6 is 0 Å². The number of benzene rings is 2. The van der Waals surface area contributed by atoms with E-state index in [9.17, 15) is 4.79 Å². The van der Waals surface area contributed by atoms with Gasteiger partial charge in [-0.3, -0.25) is 0 Å². The first-order chi connectivity index (χ1) is 13.4. The maximum atomic E-state index is 12.1. The molecule has 0 aliphatic rings. The van der Waals surface area contributed by atoms with E-state index in [1.165, 1.54) is 0 Å². The Morgan fingerprint density at radius 3 is 2.50 bits per heavy atom. The number of anilines is 2. The second-order valence-corrected chi connectivity index (χ2v) is 6.86. The number of rotatable bonds is 5. The number of nitrogens with zero attached hydrogens (tertiary/aromatic N) is 3. The summed E-state index contributed by atoms with van der Waals surface area (Å²) in [5, 5.41) is 6.88. The van der Waals surface area contributed by atoms with Crippen molar-refractivity contribution in [3.63, 3.8) is 0 Å². The molecule has 3 aromatic rings. The topological polar surface area (TPSA) is 61.7 Å². The Bertz CT molecular complexity index is 986. The van der Waals surface area contributed by atoms with Crippen molar-refractivity contribution in [3.8, 4) is 5.69 Å². The van der Waals surface area contributed by atoms with Gasteiger partial charge in [0.2, 0.25) is 0 Å². The van der Waals surface area contributed by atoms with Crippen LogP contribution in [0.2, 0.25) is 0 Å². The molecule has 1 aromatic heterocycles. The molecule has 0 saturated carbocycles. The molecule has 2 N–H and O–H groups in total. The number of carbonyl (C=O) groups is 1. The Kier molecular flexibility index (Phi) is 5.79. The number of aryl methyl sites for hydroxylation is 2. The summed E-state index contributed by atoms with van der Waals surface area (Å²) in [6.07, 6.45) is 3.59. The molecule has 6 heteroatoms. The number of nitrogens with one attached hydrogen (secondary N) is 2. The number of hydrogen-bond donors (Lipinski definition) is 2. The summed E-state index contributed by atoms with van der Waals surface area (Å²) in [5.74, 6) is 0. The SMILES string of the molecule is Cc1ccc(NC(=O)N/N=C/c2cccn2-c2ccc(N(C)C)cc2)c(C)c1. The first kappa shape index (κ1) is 19.2. The van der Waals surface area contributed by atoms with E-state index in [0.29, 0.717) is 0 Å². The van der Waals surface area contributed by atoms with Gasteiger partial charge in [0.15, 0.2) is 0 Å². The summed E-state index contributed by atoms with van der Waals surface area (Å²) < 4.78 is 2.01. The smallest absolute Gasteiger partial charge is 0.339 e. The molecule has 0 aliphatic carbocycles. The molecule has 0 saturated heterocycles. The van der Waals surface area contributed by atoms with E-state index in [4.69, 9.17) is 0 Å². The Hall–Kier alpha value is -3.54. The van der Waals surface area contributed by atoms with Crippen LogP contribution in [0.15, 0.2) is 65.9 Å². The molecular formula is C22H25N5O. The van der Waals surface area contributed by atoms with Crippen molar-refractivity contribution in [3.05, 3.63) is 77.6 Å². The molecule has 0 bridgehead atoms. The van der Waals surface area contributed by atoms with Crippen molar-refractivity contribution in [1.29, 1.82) is 0 Å². The standard InChI is InChI=1S/C22H25N5O/c1-16-7-12-21(17(2)14-16)24-22(28)25-23-15-20-6-5-13-27(20)19-10-8-18(9-11-19)26(3)4/h5-15H,1-4H3,(H2,24,25,28)/b23-15+. The van der Waals surface area contributed by atoms with Gasteiger partial charge in [0.05, 0.1) is 11.9 Å². The minimum absolute atomic E-state index is 0.378. The van der Waals surface area contributed by atoms with Gasteiger partial charge in [0, 0.05) is 37.4 Å². The summed E-state index contributed by atoms with van der Waals surface area (Å²) in [5.41, 5.74) is 8.47. The average molecular weight is 375 g/mol. The van der Waals surface area contributed by atoms with Crippen LogP contribution in [0.5, 0.6) is 0 Å². The molecule has 0 spiro atoms. The molecule has 0 fully saturated rings. The fourth-order valence-corrected chi connectivity index (χ4v) is 2.91. The number of hydrazone groups is 1. The zero-order valence-corrected chi connectivity index (χ0v) is 16.6. The predicted octanol–water partition coefficient (Wildman–Crippen LogP) is 4.32. The van der Waals surface area contributed by atoms with E-state index in [1.54, 1.807) is 6.21 Å². The number of carbonyl (C=O) groups excluding carboxylic acids is 1. The molecule has 0 radical (unpaired) electrons. The summed E-state index contributed by atoms with van der Waals surface area (Å²) in [4.78, 5) is 14.1. The first-order valence-electron chi connectivity index (χ1n) is 9.06. The van der Waals surface area contributed by atoms with Gasteiger partial charge < -0.3 is 14.8 Å². The quantitative estimate of drug-likeness (QED) is 0.515. The molecular weight excluding hydrogens is 350 g/mol. The van der Waals surface area contributed by atoms with Crippen LogP contribution in [0.1, 0.15) is 16.8 Å². The fraction of sp³-hybridized carbons (Fsp3) is 0.182. The maximum Gasteiger partial charge on any atom is 0.339 e. The predicted molar refractivity (Wildman–Crippen MR) is 116 cm³/mol. The van der Waals surface area contributed by atoms with Crippen molar-refractivity contribution >= 4 is 23.6 Å². The largest absolute Gasteiger partial charge is 0.378 e. The van der Waals surface area contributed by atoms with E-state index < -0.39 is 0 Å². The van der Waals surface area contributed by atoms with E-state index in [-0.39, 0.29) is 6.03 Å². The van der Waals surface area contributed by atoms with Crippen LogP contribution < -0.4 is 15.6 Å². The third kappa shape index (κ3) is 4.59. The van der Waals surface area contributed by atoms with Crippen LogP contribution in [0, 0.1) is 13.8 Å². The number of hydrogen-bond acceptors (Lipinski definition) is 3. The van der Waals surface area contributed by atoms with Gasteiger partial charge in [-0.25, -0.2) is 10.2 Å². The lowest BCUT2D eigenvalue weighted by Crippen LogP contribution is -2.24. The second-order valence-electron chi connectivity index (χ2n) is 6.86. The molecule has 0 aliphatic heterocycles. The zero-order chi connectivity index (χ0) is 20.1. The summed E-state index contributed by atoms with van der Waals surface area (Å²) >= 11 is 0. The van der Waals surface area contributed by atoms with Crippen LogP contribution in [-0.2, 0) is 0 Å². The third-order valence-electron chi connectivity index (χ3n) is 4.42. The van der Waals surface area contributed by atoms with E-state index in [2.05, 4.69) is 32.9 Å². The minimum Gasteiger partial charge on any atom is -0.378 e. The van der Waals surface area contributed by atoms with Gasteiger partial charge in [0.1, 0.15) is 0 Å². The molecule has 0 unspecified atom stereocenters. The monoisotopic (exact) mass is 375 g/mol. The Morgan fingerprint density at radius 2 is 1.82 bits per heavy atom. The molecule has 0 atom stereocenters. The van der Waals surface area contributed by atoms with Gasteiger partial charge >= 0.3 is 6.03 Å². The van der Waals surface area contributed by atoms with Crippen molar-refractivity contribution < 1.29 is 4.79 Å². The second kappa shape index (κ2) is 8.43. The first-order valence-corrected chi connectivity index (χ1v) is 9.06. The molecule has 3 rings (SSSR count). The van der Waals surface area contributed by atoms with E-state index in [0.717, 1.165) is 33.9 Å². The lowest BCUT2D eigenvalue weighted by atomic mass is 10.1. The molecule has 28 heavy (non-hydrogen) atoms. The van der Waals surface area contributed by atoms with Crippen LogP contribution in [0.25, 0.3) is 5.69 Å². The van der Waals surface area contributed by atoms with Gasteiger partial charge in [-0.15, -0.1) is 0 Å². The van der Waals surface area contributed by atoms with E-state index in [1.807, 2.05) is 81.2 Å². The number of amides is 2. The highest BCUT2D eigenvalue weighted by molar-refractivity contribution is 5.91. The fourth-order valence-electron chi connectivity index (χ4n) is 2.91. The normalized spacial score (nSPS) is 10.9. The number of urea groups is 1. The van der Waals surface area contributed by atoms with Crippen LogP contribution in [0.3, 0.4) is 0 Å². The summed E-state index contributed by atoms with van der Waals surface area (Å²) in [7, 11) is 4.02. The highest BCUT2D eigenvalue weighted by Gasteiger charge is 2.05. The average Bonchev–Trinajstić information content (AvgIpc) is 3.12. The van der Waals surface area contributed by atoms with E-state index >= 15 is 0 Å². The Morgan fingerprint density at radius 1 is 1.07 bits per heavy atom. The summed E-state index contributed by atoms with van der Waals surface area (Å²) in [6.45, 7) is 3.98. The zero-order valence-electron chi connectivity index (χ0n) is 16.6. The third-order valence-corrected chi connectivity index (χ3v) is 4.42. The molecule has 2 amide bonds. The summed E-state index contributed by atoms with van der Waals surface area (Å²) in [6, 6.07) is 17.6. The lowest BCUT2D eigenvalue weighted by Gasteiger charge is -2.13. The van der Waals surface area contributed by atoms with Crippen molar-refractivity contribution in [2.45, 2.75) is 13.8 Å². The Labute approximate surface area is 165 Å². The molecule has 6 nitrogen and oxygen atoms in total. The van der Waals surface area contributed by atoms with Gasteiger partial charge in [-0.1, -0.05) is 17.7 Å². The van der Waals surface area contributed by atoms with Crippen molar-refractivity contribution in [2.75, 3.05) is 24.3 Å². The van der Waals surface area contributed by atoms with Crippen LogP contribution in [-0.4, -0.2) is 30.9 Å².